The van der Waals surface area contributed by atoms with Gasteiger partial charge in [0, 0.05) is 4.70 Å². The molecule has 1 aliphatic rings. The standard InChI is InChI=1S/C16H19BO4S/c1-9-11-7-6-10(8-12(11)22-13(9)14(18)19)17-20-15(2,3)16(4,5)21-17/h6-8H,1-5H3,(H,18,19). The minimum atomic E-state index is -0.879. The lowest BCUT2D eigenvalue weighted by atomic mass is 9.79. The second kappa shape index (κ2) is 4.81. The smallest absolute Gasteiger partial charge is 0.477 e. The number of hydrogen-bond acceptors (Lipinski definition) is 4. The van der Waals surface area contributed by atoms with Crippen LogP contribution in [0.15, 0.2) is 18.2 Å². The van der Waals surface area contributed by atoms with E-state index in [-0.39, 0.29) is 11.2 Å². The number of carbonyl (C=O) groups is 1. The third-order valence-electron chi connectivity index (χ3n) is 4.68. The average Bonchev–Trinajstić information content (AvgIpc) is 2.84. The number of aryl methyl sites for hydroxylation is 1. The largest absolute Gasteiger partial charge is 0.494 e. The van der Waals surface area contributed by atoms with E-state index < -0.39 is 13.1 Å². The van der Waals surface area contributed by atoms with Gasteiger partial charge >= 0.3 is 13.1 Å². The van der Waals surface area contributed by atoms with Crippen LogP contribution in [0.2, 0.25) is 0 Å². The maximum atomic E-state index is 11.3. The number of fused-ring (bicyclic) bond motifs is 1. The molecule has 2 heterocycles. The van der Waals surface area contributed by atoms with Crippen molar-refractivity contribution in [3.63, 3.8) is 0 Å². The first kappa shape index (κ1) is 15.5. The third-order valence-corrected chi connectivity index (χ3v) is 5.92. The van der Waals surface area contributed by atoms with Gasteiger partial charge in [-0.2, -0.15) is 0 Å². The van der Waals surface area contributed by atoms with Gasteiger partial charge in [-0.25, -0.2) is 4.79 Å². The van der Waals surface area contributed by atoms with Crippen LogP contribution in [-0.2, 0) is 9.31 Å². The van der Waals surface area contributed by atoms with Crippen LogP contribution < -0.4 is 5.46 Å². The van der Waals surface area contributed by atoms with Gasteiger partial charge in [-0.05, 0) is 57.1 Å². The van der Waals surface area contributed by atoms with Gasteiger partial charge in [-0.15, -0.1) is 11.3 Å². The van der Waals surface area contributed by atoms with E-state index in [9.17, 15) is 9.90 Å². The van der Waals surface area contributed by atoms with Crippen LogP contribution in [0.4, 0.5) is 0 Å². The number of hydrogen-bond donors (Lipinski definition) is 1. The van der Waals surface area contributed by atoms with Crippen molar-refractivity contribution in [2.75, 3.05) is 0 Å². The van der Waals surface area contributed by atoms with Crippen molar-refractivity contribution in [1.29, 1.82) is 0 Å². The molecule has 1 saturated heterocycles. The van der Waals surface area contributed by atoms with E-state index in [1.54, 1.807) is 0 Å². The van der Waals surface area contributed by atoms with Gasteiger partial charge in [-0.3, -0.25) is 0 Å². The van der Waals surface area contributed by atoms with Gasteiger partial charge in [0.25, 0.3) is 0 Å². The molecule has 1 aliphatic heterocycles. The van der Waals surface area contributed by atoms with Crippen LogP contribution in [0.25, 0.3) is 10.1 Å². The molecule has 0 aliphatic carbocycles. The Balaban J connectivity index is 2.02. The highest BCUT2D eigenvalue weighted by molar-refractivity contribution is 7.21. The minimum Gasteiger partial charge on any atom is -0.477 e. The summed E-state index contributed by atoms with van der Waals surface area (Å²) >= 11 is 1.29. The highest BCUT2D eigenvalue weighted by Crippen LogP contribution is 2.37. The first-order valence-electron chi connectivity index (χ1n) is 7.24. The first-order chi connectivity index (χ1) is 10.1. The van der Waals surface area contributed by atoms with Gasteiger partial charge in [0.05, 0.1) is 11.2 Å². The molecular weight excluding hydrogens is 299 g/mol. The zero-order valence-electron chi connectivity index (χ0n) is 13.4. The van der Waals surface area contributed by atoms with Crippen molar-refractivity contribution < 1.29 is 19.2 Å². The summed E-state index contributed by atoms with van der Waals surface area (Å²) in [4.78, 5) is 11.7. The average molecular weight is 318 g/mol. The monoisotopic (exact) mass is 318 g/mol. The quantitative estimate of drug-likeness (QED) is 0.864. The number of rotatable bonds is 2. The highest BCUT2D eigenvalue weighted by atomic mass is 32.1. The fourth-order valence-corrected chi connectivity index (χ4v) is 3.67. The fraction of sp³-hybridized carbons (Fsp3) is 0.438. The molecule has 0 amide bonds. The summed E-state index contributed by atoms with van der Waals surface area (Å²) in [7, 11) is -0.426. The van der Waals surface area contributed by atoms with E-state index in [2.05, 4.69) is 0 Å². The molecule has 0 unspecified atom stereocenters. The van der Waals surface area contributed by atoms with E-state index >= 15 is 0 Å². The number of carboxylic acid groups (broad SMARTS) is 1. The Hall–Kier alpha value is -1.37. The Morgan fingerprint density at radius 1 is 1.18 bits per heavy atom. The molecule has 116 valence electrons. The molecule has 0 spiro atoms. The molecule has 4 nitrogen and oxygen atoms in total. The zero-order chi connectivity index (χ0) is 16.3. The molecule has 0 bridgehead atoms. The molecule has 0 atom stereocenters. The maximum absolute atomic E-state index is 11.3. The fourth-order valence-electron chi connectivity index (χ4n) is 2.57. The Kier molecular flexibility index (Phi) is 3.40. The summed E-state index contributed by atoms with van der Waals surface area (Å²) in [6.45, 7) is 9.91. The number of carboxylic acids is 1. The van der Waals surface area contributed by atoms with Crippen LogP contribution >= 0.6 is 11.3 Å². The molecule has 3 rings (SSSR count). The van der Waals surface area contributed by atoms with E-state index in [1.807, 2.05) is 52.8 Å². The Bertz CT molecular complexity index is 747. The van der Waals surface area contributed by atoms with Gasteiger partial charge in [0.2, 0.25) is 0 Å². The topological polar surface area (TPSA) is 55.8 Å². The van der Waals surface area contributed by atoms with Gasteiger partial charge in [-0.1, -0.05) is 12.1 Å². The molecule has 6 heteroatoms. The Morgan fingerprint density at radius 3 is 2.32 bits per heavy atom. The van der Waals surface area contributed by atoms with E-state index in [4.69, 9.17) is 9.31 Å². The zero-order valence-corrected chi connectivity index (χ0v) is 14.2. The van der Waals surface area contributed by atoms with E-state index in [1.165, 1.54) is 11.3 Å². The van der Waals surface area contributed by atoms with Crippen molar-refractivity contribution in [3.05, 3.63) is 28.6 Å². The van der Waals surface area contributed by atoms with Crippen LogP contribution in [-0.4, -0.2) is 29.4 Å². The van der Waals surface area contributed by atoms with Crippen LogP contribution in [0, 0.1) is 6.92 Å². The summed E-state index contributed by atoms with van der Waals surface area (Å²) < 4.78 is 13.0. The third kappa shape index (κ3) is 2.26. The lowest BCUT2D eigenvalue weighted by molar-refractivity contribution is 0.00578. The Labute approximate surface area is 134 Å². The van der Waals surface area contributed by atoms with Gasteiger partial charge in [0.15, 0.2) is 0 Å². The second-order valence-corrected chi connectivity index (χ2v) is 7.76. The molecule has 1 fully saturated rings. The first-order valence-corrected chi connectivity index (χ1v) is 8.06. The minimum absolute atomic E-state index is 0.385. The molecule has 0 saturated carbocycles. The molecule has 0 radical (unpaired) electrons. The van der Waals surface area contributed by atoms with Crippen molar-refractivity contribution in [1.82, 2.24) is 0 Å². The van der Waals surface area contributed by atoms with Crippen molar-refractivity contribution >= 4 is 40.0 Å². The van der Waals surface area contributed by atoms with Crippen LogP contribution in [0.3, 0.4) is 0 Å². The lowest BCUT2D eigenvalue weighted by Crippen LogP contribution is -2.41. The summed E-state index contributed by atoms with van der Waals surface area (Å²) in [6, 6.07) is 5.88. The van der Waals surface area contributed by atoms with Crippen LogP contribution in [0.1, 0.15) is 42.9 Å². The van der Waals surface area contributed by atoms with E-state index in [0.29, 0.717) is 4.88 Å². The molecule has 1 aromatic carbocycles. The van der Waals surface area contributed by atoms with Gasteiger partial charge in [0.1, 0.15) is 4.88 Å². The molecule has 22 heavy (non-hydrogen) atoms. The molecular formula is C16H19BO4S. The normalized spacial score (nSPS) is 19.8. The molecule has 1 aromatic heterocycles. The molecule has 1 N–H and O–H groups in total. The summed E-state index contributed by atoms with van der Waals surface area (Å²) in [5.74, 6) is -0.879. The summed E-state index contributed by atoms with van der Waals surface area (Å²) in [6.07, 6.45) is 0. The van der Waals surface area contributed by atoms with E-state index in [0.717, 1.165) is 21.1 Å². The van der Waals surface area contributed by atoms with Gasteiger partial charge < -0.3 is 14.4 Å². The maximum Gasteiger partial charge on any atom is 0.494 e. The Morgan fingerprint density at radius 2 is 1.77 bits per heavy atom. The van der Waals surface area contributed by atoms with Crippen LogP contribution in [0.5, 0.6) is 0 Å². The summed E-state index contributed by atoms with van der Waals surface area (Å²) in [5.41, 5.74) is 0.964. The number of thiophene rings is 1. The lowest BCUT2D eigenvalue weighted by Gasteiger charge is -2.32. The van der Waals surface area contributed by atoms with Crippen molar-refractivity contribution in [3.8, 4) is 0 Å². The SMILES string of the molecule is Cc1c(C(=O)O)sc2cc(B3OC(C)(C)C(C)(C)O3)ccc12. The highest BCUT2D eigenvalue weighted by Gasteiger charge is 2.51. The predicted molar refractivity (Wildman–Crippen MR) is 89.2 cm³/mol. The number of aromatic carboxylic acids is 1. The summed E-state index contributed by atoms with van der Waals surface area (Å²) in [5, 5.41) is 10.2. The van der Waals surface area contributed by atoms with Crippen molar-refractivity contribution in [2.24, 2.45) is 0 Å². The predicted octanol–water partition coefficient (Wildman–Crippen LogP) is 3.21. The number of benzene rings is 1. The van der Waals surface area contributed by atoms with Crippen molar-refractivity contribution in [2.45, 2.75) is 45.8 Å². The molecule has 2 aromatic rings. The second-order valence-electron chi connectivity index (χ2n) is 6.71.